The first-order valence-electron chi connectivity index (χ1n) is 29.9. The predicted molar refractivity (Wildman–Crippen MR) is 376 cm³/mol. The molecular formula is C78H43N7OS3. The molecule has 414 valence electrons. The van der Waals surface area contributed by atoms with Crippen molar-refractivity contribution in [3.63, 3.8) is 0 Å². The first kappa shape index (κ1) is 48.2. The van der Waals surface area contributed by atoms with Gasteiger partial charge in [0.05, 0.1) is 69.8 Å². The molecule has 0 aliphatic carbocycles. The molecule has 21 rings (SSSR count). The number of pyridine rings is 1. The molecule has 11 heteroatoms. The third-order valence-electron chi connectivity index (χ3n) is 18.9. The van der Waals surface area contributed by atoms with E-state index in [2.05, 4.69) is 255 Å². The molecule has 0 radical (unpaired) electrons. The van der Waals surface area contributed by atoms with Crippen molar-refractivity contribution in [3.05, 3.63) is 243 Å². The SMILES string of the molecule is Cn1c(-c2ccc3c(c2)sc2c3ccc3c4ccccc4n(-c4cccc5cnccc45)c32)nc2c(-n3c4ccccc4c4ccc5c6ccc(-c7nc8c(-n9c%10ccccc%10c%10ccc%11c%12ccccc%12sc%11c%109)cccc8o7)cc6sc5c43)cccc21. The average molecular weight is 1190 g/mol. The zero-order valence-corrected chi connectivity index (χ0v) is 49.8. The van der Waals surface area contributed by atoms with Gasteiger partial charge in [-0.1, -0.05) is 152 Å². The number of fused-ring (bicyclic) bond motifs is 24. The third kappa shape index (κ3) is 6.47. The Hall–Kier alpha value is -11.0. The first-order valence-corrected chi connectivity index (χ1v) is 32.3. The lowest BCUT2D eigenvalue weighted by atomic mass is 10.1. The second kappa shape index (κ2) is 17.6. The molecule has 0 saturated carbocycles. The van der Waals surface area contributed by atoms with Crippen LogP contribution in [0.4, 0.5) is 0 Å². The molecule has 0 spiro atoms. The van der Waals surface area contributed by atoms with Crippen molar-refractivity contribution in [2.45, 2.75) is 0 Å². The van der Waals surface area contributed by atoms with Gasteiger partial charge >= 0.3 is 0 Å². The van der Waals surface area contributed by atoms with Gasteiger partial charge in [0.2, 0.25) is 5.89 Å². The van der Waals surface area contributed by atoms with Crippen LogP contribution in [0.2, 0.25) is 0 Å². The Morgan fingerprint density at radius 1 is 0.348 bits per heavy atom. The normalized spacial score (nSPS) is 12.6. The van der Waals surface area contributed by atoms with Gasteiger partial charge in [0.1, 0.15) is 16.9 Å². The van der Waals surface area contributed by atoms with Crippen molar-refractivity contribution in [1.82, 2.24) is 33.2 Å². The number of hydrogen-bond acceptors (Lipinski definition) is 7. The minimum atomic E-state index is 0.596. The van der Waals surface area contributed by atoms with Crippen LogP contribution in [0, 0.1) is 0 Å². The fraction of sp³-hybridized carbons (Fsp3) is 0.0128. The van der Waals surface area contributed by atoms with Crippen LogP contribution >= 0.6 is 34.0 Å². The molecule has 0 unspecified atom stereocenters. The Kier molecular flexibility index (Phi) is 9.54. The van der Waals surface area contributed by atoms with Crippen LogP contribution < -0.4 is 0 Å². The summed E-state index contributed by atoms with van der Waals surface area (Å²) in [6, 6.07) is 84.2. The summed E-state index contributed by atoms with van der Waals surface area (Å²) in [5.74, 6) is 1.52. The monoisotopic (exact) mass is 1190 g/mol. The number of aryl methyl sites for hydroxylation is 1. The molecule has 9 heterocycles. The van der Waals surface area contributed by atoms with Crippen LogP contribution in [0.1, 0.15) is 0 Å². The lowest BCUT2D eigenvalue weighted by molar-refractivity contribution is 0.620. The number of benzene rings is 12. The van der Waals surface area contributed by atoms with Gasteiger partial charge in [0, 0.05) is 120 Å². The van der Waals surface area contributed by atoms with E-state index in [0.717, 1.165) is 72.6 Å². The van der Waals surface area contributed by atoms with Crippen LogP contribution in [0.25, 0.3) is 199 Å². The van der Waals surface area contributed by atoms with Crippen molar-refractivity contribution in [3.8, 4) is 39.9 Å². The number of imidazole rings is 1. The number of aromatic nitrogens is 7. The topological polar surface area (TPSA) is 71.5 Å². The Labute approximate surface area is 516 Å². The third-order valence-corrected chi connectivity index (χ3v) is 22.4. The van der Waals surface area contributed by atoms with Crippen LogP contribution in [0.15, 0.2) is 247 Å². The second-order valence-electron chi connectivity index (χ2n) is 23.5. The lowest BCUT2D eigenvalue weighted by Gasteiger charge is -2.11. The maximum absolute atomic E-state index is 6.81. The van der Waals surface area contributed by atoms with Gasteiger partial charge in [0.15, 0.2) is 5.58 Å². The number of rotatable bonds is 5. The van der Waals surface area contributed by atoms with E-state index >= 15 is 0 Å². The van der Waals surface area contributed by atoms with Gasteiger partial charge in [-0.25, -0.2) is 9.97 Å². The molecule has 8 nitrogen and oxygen atoms in total. The molecule has 0 amide bonds. The zero-order valence-electron chi connectivity index (χ0n) is 47.4. The van der Waals surface area contributed by atoms with Crippen LogP contribution in [0.3, 0.4) is 0 Å². The van der Waals surface area contributed by atoms with Gasteiger partial charge in [-0.2, -0.15) is 0 Å². The maximum Gasteiger partial charge on any atom is 0.227 e. The van der Waals surface area contributed by atoms with Crippen LogP contribution in [-0.4, -0.2) is 33.2 Å². The molecule has 0 N–H and O–H groups in total. The number of nitrogens with zero attached hydrogens (tertiary/aromatic N) is 7. The molecule has 89 heavy (non-hydrogen) atoms. The van der Waals surface area contributed by atoms with Crippen LogP contribution in [0.5, 0.6) is 0 Å². The molecular weight excluding hydrogens is 1150 g/mol. The van der Waals surface area contributed by atoms with E-state index in [-0.39, 0.29) is 0 Å². The van der Waals surface area contributed by atoms with Gasteiger partial charge in [0.25, 0.3) is 0 Å². The maximum atomic E-state index is 6.81. The summed E-state index contributed by atoms with van der Waals surface area (Å²) in [5, 5.41) is 17.1. The van der Waals surface area contributed by atoms with Gasteiger partial charge < -0.3 is 22.7 Å². The molecule has 0 fully saturated rings. The quantitative estimate of drug-likeness (QED) is 0.172. The van der Waals surface area contributed by atoms with Crippen molar-refractivity contribution in [2.75, 3.05) is 0 Å². The minimum absolute atomic E-state index is 0.596. The summed E-state index contributed by atoms with van der Waals surface area (Å²) < 4.78 is 23.9. The number of thiophene rings is 3. The average Bonchev–Trinajstić information content (AvgIpc) is 1.63. The molecule has 0 aliphatic rings. The van der Waals surface area contributed by atoms with Gasteiger partial charge in [-0.3, -0.25) is 4.98 Å². The Balaban J connectivity index is 0.708. The standard InChI is InChI=1S/C78H43N7OS3/c1-82-62-22-11-23-63(69(62)80-77(82)42-27-29-50-56-35-32-52-46-14-2-6-18-59(46)83(71(52)75(56)88-67(50)39-42)58-21-10-13-44-41-79-38-37-45(44)58)84-60-19-7-3-15-47(60)54-33-36-57-51-30-28-43(40-68(51)89-76(57)73(54)84)78-81-70-64(24-12-25-65(70)86-78)85-61-20-8-4-16-48(61)53-31-34-55-49-17-5-9-26-66(49)87-74(55)72(53)85/h2-41H,1H3. The highest BCUT2D eigenvalue weighted by molar-refractivity contribution is 7.27. The highest BCUT2D eigenvalue weighted by Gasteiger charge is 2.26. The van der Waals surface area contributed by atoms with Crippen molar-refractivity contribution < 1.29 is 4.42 Å². The Morgan fingerprint density at radius 2 is 0.820 bits per heavy atom. The number of oxazole rings is 1. The predicted octanol–water partition coefficient (Wildman–Crippen LogP) is 22.0. The molecule has 0 atom stereocenters. The fourth-order valence-electron chi connectivity index (χ4n) is 15.0. The van der Waals surface area contributed by atoms with E-state index in [4.69, 9.17) is 14.4 Å². The lowest BCUT2D eigenvalue weighted by Crippen LogP contribution is -1.96. The van der Waals surface area contributed by atoms with E-state index in [9.17, 15) is 0 Å². The van der Waals surface area contributed by atoms with Crippen molar-refractivity contribution in [1.29, 1.82) is 0 Å². The van der Waals surface area contributed by atoms with E-state index in [1.54, 1.807) is 0 Å². The Morgan fingerprint density at radius 3 is 1.46 bits per heavy atom. The van der Waals surface area contributed by atoms with Gasteiger partial charge in [-0.05, 0) is 78.9 Å². The smallest absolute Gasteiger partial charge is 0.227 e. The molecule has 21 aromatic rings. The summed E-state index contributed by atoms with van der Waals surface area (Å²) in [7, 11) is 2.16. The summed E-state index contributed by atoms with van der Waals surface area (Å²) in [6.07, 6.45) is 3.86. The summed E-state index contributed by atoms with van der Waals surface area (Å²) in [4.78, 5) is 15.5. The molecule has 0 aliphatic heterocycles. The molecule has 0 bridgehead atoms. The van der Waals surface area contributed by atoms with E-state index < -0.39 is 0 Å². The highest BCUT2D eigenvalue weighted by atomic mass is 32.1. The van der Waals surface area contributed by atoms with Crippen LogP contribution in [-0.2, 0) is 7.05 Å². The second-order valence-corrected chi connectivity index (χ2v) is 26.6. The summed E-state index contributed by atoms with van der Waals surface area (Å²) >= 11 is 5.56. The molecule has 12 aromatic carbocycles. The summed E-state index contributed by atoms with van der Waals surface area (Å²) in [6.45, 7) is 0. The Bertz CT molecular complexity index is 6710. The van der Waals surface area contributed by atoms with E-state index in [1.165, 1.54) is 120 Å². The highest BCUT2D eigenvalue weighted by Crippen LogP contribution is 2.49. The summed E-state index contributed by atoms with van der Waals surface area (Å²) in [5.41, 5.74) is 15.9. The molecule has 0 saturated heterocycles. The first-order chi connectivity index (χ1) is 44.1. The molecule has 9 aromatic heterocycles. The van der Waals surface area contributed by atoms with Gasteiger partial charge in [-0.15, -0.1) is 34.0 Å². The zero-order chi connectivity index (χ0) is 57.9. The largest absolute Gasteiger partial charge is 0.436 e. The minimum Gasteiger partial charge on any atom is -0.436 e. The van der Waals surface area contributed by atoms with Crippen molar-refractivity contribution in [2.24, 2.45) is 7.05 Å². The number of para-hydroxylation sites is 5. The van der Waals surface area contributed by atoms with E-state index in [1.807, 2.05) is 52.5 Å². The van der Waals surface area contributed by atoms with Crippen molar-refractivity contribution >= 4 is 193 Å². The number of hydrogen-bond donors (Lipinski definition) is 0. The fourth-order valence-corrected chi connectivity index (χ4v) is 18.8. The van der Waals surface area contributed by atoms with E-state index in [0.29, 0.717) is 5.89 Å².